The Morgan fingerprint density at radius 1 is 1.00 bits per heavy atom. The summed E-state index contributed by atoms with van der Waals surface area (Å²) >= 11 is 1.13. The summed E-state index contributed by atoms with van der Waals surface area (Å²) in [4.78, 5) is 110. The van der Waals surface area contributed by atoms with Gasteiger partial charge in [-0.15, -0.1) is 0 Å². The van der Waals surface area contributed by atoms with Crippen LogP contribution in [0.1, 0.15) is 105 Å². The standard InChI is InChI=1S/C45H70N7O19P3S/c1-24(27-7-8-28-34-29(11-14-45(27,28)5)44(4)13-10-26(53)18-25(44)19-30(34)54)6-9-33(56)75-17-16-47-32(55)12-15-48-41(59)38(58)43(2,3)21-68-74(65,66)71-73(63,64)67-20-31-37(70-72(60,61)62)36(57)42(69-31)52-23-51-35-39(46)49-22-50-40(35)52/h18,22-24,27-31,34,36-38,42,54,57-58H,6-17,19-21H2,1-5H3,(H,47,55)(H,48,59)(H,63,64)(H,65,66)(H2,46,49,50)(H2,60,61,62)/p-4/t24-,27-,28+,29+,30-,31-,34+,36-,37-,38+,42-,44+,45-/m1/s1. The van der Waals surface area contributed by atoms with Crippen molar-refractivity contribution < 1.29 is 90.4 Å². The number of ether oxygens (including phenoxy) is 1. The number of nitrogens with one attached hydrogen (secondary N) is 2. The number of hydrogen-bond donors (Lipinski definition) is 6. The van der Waals surface area contributed by atoms with E-state index >= 15 is 0 Å². The summed E-state index contributed by atoms with van der Waals surface area (Å²) in [7, 11) is -17.7. The van der Waals surface area contributed by atoms with Crippen LogP contribution in [-0.4, -0.2) is 120 Å². The fraction of sp³-hybridized carbons (Fsp3) is 0.756. The largest absolute Gasteiger partial charge is 0.790 e. The molecule has 0 aromatic carbocycles. The highest BCUT2D eigenvalue weighted by molar-refractivity contribution is 8.13. The van der Waals surface area contributed by atoms with E-state index in [0.717, 1.165) is 73.1 Å². The minimum Gasteiger partial charge on any atom is -0.790 e. The third kappa shape index (κ3) is 13.7. The molecule has 26 nitrogen and oxygen atoms in total. The van der Waals surface area contributed by atoms with Crippen molar-refractivity contribution in [1.82, 2.24) is 30.2 Å². The first-order chi connectivity index (χ1) is 34.9. The van der Waals surface area contributed by atoms with Crippen LogP contribution in [0.15, 0.2) is 24.3 Å². The molecule has 5 aliphatic rings. The van der Waals surface area contributed by atoms with E-state index in [1.54, 1.807) is 6.08 Å². The summed E-state index contributed by atoms with van der Waals surface area (Å²) in [6.45, 7) is 6.98. The van der Waals surface area contributed by atoms with Crippen LogP contribution in [0.4, 0.5) is 5.82 Å². The Morgan fingerprint density at radius 3 is 2.44 bits per heavy atom. The highest BCUT2D eigenvalue weighted by Gasteiger charge is 2.62. The van der Waals surface area contributed by atoms with Gasteiger partial charge in [0.2, 0.25) is 11.8 Å². The number of phosphoric acid groups is 3. The molecule has 15 atom stereocenters. The average molecular weight is 1130 g/mol. The molecule has 7 N–H and O–H groups in total. The first kappa shape index (κ1) is 59.6. The minimum atomic E-state index is -5.94. The summed E-state index contributed by atoms with van der Waals surface area (Å²) in [6.07, 6.45) is 1.00. The van der Waals surface area contributed by atoms with Gasteiger partial charge in [0.05, 0.1) is 33.5 Å². The number of amides is 2. The van der Waals surface area contributed by atoms with Crippen molar-refractivity contribution in [1.29, 1.82) is 0 Å². The Bertz CT molecular complexity index is 2640. The molecule has 2 amide bonds. The van der Waals surface area contributed by atoms with Gasteiger partial charge < -0.3 is 74.1 Å². The second kappa shape index (κ2) is 23.3. The van der Waals surface area contributed by atoms with Gasteiger partial charge in [-0.3, -0.25) is 32.9 Å². The van der Waals surface area contributed by atoms with E-state index in [2.05, 4.69) is 64.2 Å². The number of fused-ring (bicyclic) bond motifs is 6. The highest BCUT2D eigenvalue weighted by atomic mass is 32.2. The summed E-state index contributed by atoms with van der Waals surface area (Å²) in [5, 5.41) is 38.1. The molecule has 0 radical (unpaired) electrons. The molecular formula is C45H66N7O19P3S-4. The number of thioether (sulfide) groups is 1. The number of nitrogens with two attached hydrogens (primary N) is 1. The van der Waals surface area contributed by atoms with Crippen LogP contribution >= 0.6 is 35.2 Å². The lowest BCUT2D eigenvalue weighted by atomic mass is 9.45. The topological polar surface area (TPSA) is 412 Å². The van der Waals surface area contributed by atoms with E-state index in [4.69, 9.17) is 10.5 Å². The second-order valence-corrected chi connectivity index (χ2v) is 26.8. The molecule has 2 unspecified atom stereocenters. The maximum absolute atomic E-state index is 12.9. The monoisotopic (exact) mass is 1130 g/mol. The molecule has 7 rings (SSSR count). The lowest BCUT2D eigenvalue weighted by Gasteiger charge is -2.59. The van der Waals surface area contributed by atoms with Crippen LogP contribution in [0.5, 0.6) is 0 Å². The van der Waals surface area contributed by atoms with Gasteiger partial charge in [-0.25, -0.2) is 19.3 Å². The van der Waals surface area contributed by atoms with Gasteiger partial charge in [-0.05, 0) is 91.4 Å². The first-order valence-corrected chi connectivity index (χ1v) is 30.2. The molecule has 75 heavy (non-hydrogen) atoms. The Kier molecular flexibility index (Phi) is 18.5. The number of carbonyl (C=O) groups excluding carboxylic acids is 4. The summed E-state index contributed by atoms with van der Waals surface area (Å²) < 4.78 is 61.1. The van der Waals surface area contributed by atoms with Crippen LogP contribution in [0.25, 0.3) is 11.2 Å². The zero-order valence-corrected chi connectivity index (χ0v) is 45.7. The van der Waals surface area contributed by atoms with E-state index in [0.29, 0.717) is 48.7 Å². The summed E-state index contributed by atoms with van der Waals surface area (Å²) in [6, 6.07) is 0. The highest BCUT2D eigenvalue weighted by Crippen LogP contribution is 2.68. The van der Waals surface area contributed by atoms with Crippen LogP contribution in [-0.2, 0) is 55.5 Å². The summed E-state index contributed by atoms with van der Waals surface area (Å²) in [5.41, 5.74) is 5.23. The number of nitrogen functional groups attached to an aromatic ring is 1. The van der Waals surface area contributed by atoms with Gasteiger partial charge >= 0.3 is 0 Å². The number of aromatic nitrogens is 4. The van der Waals surface area contributed by atoms with Crippen molar-refractivity contribution in [3.8, 4) is 0 Å². The number of hydrogen-bond acceptors (Lipinski definition) is 24. The van der Waals surface area contributed by atoms with Crippen molar-refractivity contribution in [2.24, 2.45) is 45.8 Å². The van der Waals surface area contributed by atoms with E-state index in [-0.39, 0.29) is 64.1 Å². The maximum Gasteiger partial charge on any atom is 0.274 e. The van der Waals surface area contributed by atoms with Crippen molar-refractivity contribution in [2.45, 2.75) is 136 Å². The average Bonchev–Trinajstić information content (AvgIpc) is 4.01. The molecule has 1 saturated heterocycles. The number of imidazole rings is 1. The number of carbonyl (C=O) groups is 4. The second-order valence-electron chi connectivity index (χ2n) is 21.6. The smallest absolute Gasteiger partial charge is 0.274 e. The Morgan fingerprint density at radius 2 is 1.72 bits per heavy atom. The quantitative estimate of drug-likeness (QED) is 0.0658. The molecule has 2 aromatic rings. The van der Waals surface area contributed by atoms with Crippen molar-refractivity contribution >= 4 is 74.9 Å². The first-order valence-electron chi connectivity index (χ1n) is 24.8. The van der Waals surface area contributed by atoms with Crippen molar-refractivity contribution in [3.63, 3.8) is 0 Å². The molecule has 30 heteroatoms. The molecule has 3 heterocycles. The molecule has 0 bridgehead atoms. The predicted molar refractivity (Wildman–Crippen MR) is 258 cm³/mol. The van der Waals surface area contributed by atoms with E-state index in [9.17, 15) is 67.8 Å². The molecule has 420 valence electrons. The Hall–Kier alpha value is -3.07. The third-order valence-electron chi connectivity index (χ3n) is 16.3. The molecule has 3 saturated carbocycles. The number of ketones is 1. The van der Waals surface area contributed by atoms with Crippen LogP contribution in [0.3, 0.4) is 0 Å². The van der Waals surface area contributed by atoms with Crippen molar-refractivity contribution in [3.05, 3.63) is 24.3 Å². The SMILES string of the molecule is C[C@H](CCC(=O)SCCNC(=O)CCNC(=O)[C@H](O)C(C)(C)COP(=O)([O-])OP(=O)([O-])OC[C@H]1O[C@@H](n2cnc3c(N)ncnc32)[C@H](O)[C@@H]1OP(=O)([O-])[O-])[C@H]1CC[C@H]2[C@@H]3[C@H](O)CC4=CC(=O)CC[C@]4(C)[C@H]3CC[C@]12C. The molecule has 2 aromatic heterocycles. The number of phosphoric ester groups is 3. The third-order valence-corrected chi connectivity index (χ3v) is 20.2. The Labute approximate surface area is 437 Å². The van der Waals surface area contributed by atoms with Crippen LogP contribution in [0.2, 0.25) is 0 Å². The molecule has 4 fully saturated rings. The van der Waals surface area contributed by atoms with Crippen LogP contribution in [0, 0.1) is 45.8 Å². The van der Waals surface area contributed by atoms with Gasteiger partial charge in [-0.1, -0.05) is 52.0 Å². The van der Waals surface area contributed by atoms with E-state index in [1.165, 1.54) is 13.8 Å². The van der Waals surface area contributed by atoms with Gasteiger partial charge in [0.25, 0.3) is 15.6 Å². The normalized spacial score (nSPS) is 32.3. The van der Waals surface area contributed by atoms with Crippen molar-refractivity contribution in [2.75, 3.05) is 37.8 Å². The van der Waals surface area contributed by atoms with Crippen LogP contribution < -0.4 is 35.9 Å². The zero-order chi connectivity index (χ0) is 55.1. The number of aliphatic hydroxyl groups is 3. The minimum absolute atomic E-state index is 0.0157. The number of anilines is 1. The van der Waals surface area contributed by atoms with E-state index in [1.807, 2.05) is 0 Å². The van der Waals surface area contributed by atoms with Gasteiger partial charge in [0, 0.05) is 43.5 Å². The zero-order valence-electron chi connectivity index (χ0n) is 42.2. The number of rotatable bonds is 23. The summed E-state index contributed by atoms with van der Waals surface area (Å²) in [5.74, 6) is 0.634. The Balaban J connectivity index is 0.780. The van der Waals surface area contributed by atoms with Gasteiger partial charge in [-0.2, -0.15) is 0 Å². The molecular weight excluding hydrogens is 1070 g/mol. The lowest BCUT2D eigenvalue weighted by molar-refractivity contribution is -0.347. The van der Waals surface area contributed by atoms with E-state index < -0.39 is 90.7 Å². The van der Waals surface area contributed by atoms with Gasteiger partial charge in [0.15, 0.2) is 28.6 Å². The number of nitrogens with zero attached hydrogens (tertiary/aromatic N) is 4. The predicted octanol–water partition coefficient (Wildman–Crippen LogP) is 0.672. The van der Waals surface area contributed by atoms with Gasteiger partial charge in [0.1, 0.15) is 36.3 Å². The fourth-order valence-corrected chi connectivity index (χ4v) is 15.8. The fourth-order valence-electron chi connectivity index (χ4n) is 12.4. The maximum atomic E-state index is 12.9. The molecule has 1 aliphatic heterocycles. The lowest BCUT2D eigenvalue weighted by Crippen LogP contribution is -2.55. The molecule has 4 aliphatic carbocycles. The number of aliphatic hydroxyl groups excluding tert-OH is 3. The molecule has 0 spiro atoms.